The van der Waals surface area contributed by atoms with Crippen LogP contribution < -0.4 is 0 Å². The van der Waals surface area contributed by atoms with E-state index in [0.717, 1.165) is 12.8 Å². The van der Waals surface area contributed by atoms with E-state index in [1.165, 1.54) is 8.99 Å². The van der Waals surface area contributed by atoms with Crippen LogP contribution in [-0.2, 0) is 17.1 Å². The van der Waals surface area contributed by atoms with Gasteiger partial charge < -0.3 is 0 Å². The SMILES string of the molecule is Cc1cnn(C)c1S(=O)(=O)N1CCCC1c1ncccn1. The third-order valence-electron chi connectivity index (χ3n) is 3.70. The van der Waals surface area contributed by atoms with Crippen molar-refractivity contribution in [2.45, 2.75) is 30.8 Å². The van der Waals surface area contributed by atoms with E-state index < -0.39 is 10.0 Å². The Hall–Kier alpha value is -1.80. The van der Waals surface area contributed by atoms with Crippen LogP contribution in [0.3, 0.4) is 0 Å². The zero-order chi connectivity index (χ0) is 15.0. The van der Waals surface area contributed by atoms with Gasteiger partial charge in [-0.25, -0.2) is 18.4 Å². The third-order valence-corrected chi connectivity index (χ3v) is 5.83. The maximum atomic E-state index is 12.9. The summed E-state index contributed by atoms with van der Waals surface area (Å²) in [5.74, 6) is 0.554. The molecule has 3 rings (SSSR count). The van der Waals surface area contributed by atoms with E-state index in [-0.39, 0.29) is 11.1 Å². The molecule has 1 saturated heterocycles. The van der Waals surface area contributed by atoms with Gasteiger partial charge in [0.05, 0.1) is 12.2 Å². The summed E-state index contributed by atoms with van der Waals surface area (Å²) in [6.07, 6.45) is 6.39. The number of hydrogen-bond donors (Lipinski definition) is 0. The number of sulfonamides is 1. The molecule has 21 heavy (non-hydrogen) atoms. The Morgan fingerprint density at radius 1 is 1.29 bits per heavy atom. The fourth-order valence-corrected chi connectivity index (χ4v) is 4.75. The van der Waals surface area contributed by atoms with E-state index in [0.29, 0.717) is 17.9 Å². The molecular formula is C13H17N5O2S. The minimum atomic E-state index is -3.60. The van der Waals surface area contributed by atoms with Crippen LogP contribution in [0.2, 0.25) is 0 Å². The number of rotatable bonds is 3. The Morgan fingerprint density at radius 3 is 2.62 bits per heavy atom. The molecule has 7 nitrogen and oxygen atoms in total. The molecule has 2 aromatic heterocycles. The molecule has 1 aliphatic rings. The van der Waals surface area contributed by atoms with Crippen LogP contribution in [0, 0.1) is 6.92 Å². The van der Waals surface area contributed by atoms with Crippen molar-refractivity contribution < 1.29 is 8.42 Å². The summed E-state index contributed by atoms with van der Waals surface area (Å²) in [7, 11) is -1.96. The molecule has 0 spiro atoms. The summed E-state index contributed by atoms with van der Waals surface area (Å²) in [5.41, 5.74) is 0.650. The van der Waals surface area contributed by atoms with Crippen molar-refractivity contribution in [1.82, 2.24) is 24.1 Å². The number of aryl methyl sites for hydroxylation is 2. The largest absolute Gasteiger partial charge is 0.261 e. The van der Waals surface area contributed by atoms with E-state index in [9.17, 15) is 8.42 Å². The first-order valence-electron chi connectivity index (χ1n) is 6.79. The molecule has 0 aliphatic carbocycles. The summed E-state index contributed by atoms with van der Waals surface area (Å²) >= 11 is 0. The van der Waals surface area contributed by atoms with E-state index in [2.05, 4.69) is 15.1 Å². The van der Waals surface area contributed by atoms with Gasteiger partial charge in [-0.1, -0.05) is 0 Å². The summed E-state index contributed by atoms with van der Waals surface area (Å²) in [6, 6.07) is 1.42. The molecule has 1 unspecified atom stereocenters. The second-order valence-electron chi connectivity index (χ2n) is 5.14. The Balaban J connectivity index is 2.03. The summed E-state index contributed by atoms with van der Waals surface area (Å²) in [6.45, 7) is 2.24. The van der Waals surface area contributed by atoms with Crippen molar-refractivity contribution in [3.63, 3.8) is 0 Å². The van der Waals surface area contributed by atoms with Gasteiger partial charge >= 0.3 is 0 Å². The van der Waals surface area contributed by atoms with Crippen LogP contribution in [0.1, 0.15) is 30.3 Å². The molecule has 0 bridgehead atoms. The molecule has 3 heterocycles. The van der Waals surface area contributed by atoms with Crippen LogP contribution >= 0.6 is 0 Å². The van der Waals surface area contributed by atoms with Crippen LogP contribution in [0.5, 0.6) is 0 Å². The van der Waals surface area contributed by atoms with Gasteiger partial charge in [0, 0.05) is 31.5 Å². The Kier molecular flexibility index (Phi) is 3.50. The zero-order valence-corrected chi connectivity index (χ0v) is 12.8. The van der Waals surface area contributed by atoms with Gasteiger partial charge in [0.15, 0.2) is 5.03 Å². The molecule has 2 aromatic rings. The second-order valence-corrected chi connectivity index (χ2v) is 6.94. The lowest BCUT2D eigenvalue weighted by atomic mass is 10.2. The molecule has 0 radical (unpaired) electrons. The standard InChI is InChI=1S/C13H17N5O2S/c1-10-9-16-17(2)13(10)21(19,20)18-8-3-5-11(18)12-14-6-4-7-15-12/h4,6-7,9,11H,3,5,8H2,1-2H3. The van der Waals surface area contributed by atoms with Gasteiger partial charge in [-0.15, -0.1) is 0 Å². The van der Waals surface area contributed by atoms with Gasteiger partial charge in [0.1, 0.15) is 5.82 Å². The van der Waals surface area contributed by atoms with Gasteiger partial charge in [-0.3, -0.25) is 4.68 Å². The summed E-state index contributed by atoms with van der Waals surface area (Å²) < 4.78 is 28.8. The summed E-state index contributed by atoms with van der Waals surface area (Å²) in [5, 5.41) is 4.27. The van der Waals surface area contributed by atoms with Gasteiger partial charge in [-0.2, -0.15) is 9.40 Å². The molecule has 0 aromatic carbocycles. The van der Waals surface area contributed by atoms with Crippen molar-refractivity contribution in [1.29, 1.82) is 0 Å². The van der Waals surface area contributed by atoms with Gasteiger partial charge in [0.25, 0.3) is 10.0 Å². The molecule has 1 aliphatic heterocycles. The van der Waals surface area contributed by atoms with Crippen molar-refractivity contribution in [3.8, 4) is 0 Å². The quantitative estimate of drug-likeness (QED) is 0.846. The van der Waals surface area contributed by atoms with Crippen molar-refractivity contribution in [2.24, 2.45) is 7.05 Å². The van der Waals surface area contributed by atoms with Gasteiger partial charge in [0.2, 0.25) is 0 Å². The smallest absolute Gasteiger partial charge is 0.256 e. The predicted octanol–water partition coefficient (Wildman–Crippen LogP) is 1.04. The van der Waals surface area contributed by atoms with E-state index in [4.69, 9.17) is 0 Å². The highest BCUT2D eigenvalue weighted by molar-refractivity contribution is 7.89. The van der Waals surface area contributed by atoms with Crippen LogP contribution in [-0.4, -0.2) is 39.0 Å². The predicted molar refractivity (Wildman–Crippen MR) is 75.8 cm³/mol. The lowest BCUT2D eigenvalue weighted by Crippen LogP contribution is -2.33. The second kappa shape index (κ2) is 5.19. The molecule has 112 valence electrons. The van der Waals surface area contributed by atoms with E-state index in [1.54, 1.807) is 38.6 Å². The first kappa shape index (κ1) is 14.2. The third kappa shape index (κ3) is 2.34. The highest BCUT2D eigenvalue weighted by Crippen LogP contribution is 2.35. The number of nitrogens with zero attached hydrogens (tertiary/aromatic N) is 5. The fraction of sp³-hybridized carbons (Fsp3) is 0.462. The van der Waals surface area contributed by atoms with Gasteiger partial charge in [-0.05, 0) is 25.8 Å². The molecule has 0 N–H and O–H groups in total. The zero-order valence-electron chi connectivity index (χ0n) is 12.0. The molecule has 8 heteroatoms. The molecule has 0 saturated carbocycles. The number of aromatic nitrogens is 4. The first-order valence-corrected chi connectivity index (χ1v) is 8.23. The highest BCUT2D eigenvalue weighted by atomic mass is 32.2. The lowest BCUT2D eigenvalue weighted by molar-refractivity contribution is 0.378. The fourth-order valence-electron chi connectivity index (χ4n) is 2.79. The van der Waals surface area contributed by atoms with E-state index >= 15 is 0 Å². The Labute approximate surface area is 123 Å². The minimum Gasteiger partial charge on any atom is -0.256 e. The number of hydrogen-bond acceptors (Lipinski definition) is 5. The molecule has 0 amide bonds. The highest BCUT2D eigenvalue weighted by Gasteiger charge is 2.39. The Bertz CT molecular complexity index is 722. The minimum absolute atomic E-state index is 0.241. The van der Waals surface area contributed by atoms with E-state index in [1.807, 2.05) is 0 Å². The van der Waals surface area contributed by atoms with Crippen molar-refractivity contribution in [2.75, 3.05) is 6.54 Å². The molecule has 1 fully saturated rings. The van der Waals surface area contributed by atoms with Crippen LogP contribution in [0.25, 0.3) is 0 Å². The topological polar surface area (TPSA) is 81.0 Å². The van der Waals surface area contributed by atoms with Crippen LogP contribution in [0.15, 0.2) is 29.7 Å². The average molecular weight is 307 g/mol. The normalized spacial score (nSPS) is 20.0. The molecule has 1 atom stereocenters. The van der Waals surface area contributed by atoms with Crippen LogP contribution in [0.4, 0.5) is 0 Å². The lowest BCUT2D eigenvalue weighted by Gasteiger charge is -2.23. The average Bonchev–Trinajstić information content (AvgIpc) is 3.07. The molecular weight excluding hydrogens is 290 g/mol. The van der Waals surface area contributed by atoms with Crippen molar-refractivity contribution in [3.05, 3.63) is 36.0 Å². The monoisotopic (exact) mass is 307 g/mol. The van der Waals surface area contributed by atoms with Crippen molar-refractivity contribution >= 4 is 10.0 Å². The summed E-state index contributed by atoms with van der Waals surface area (Å²) in [4.78, 5) is 8.42. The first-order chi connectivity index (χ1) is 10.0. The maximum Gasteiger partial charge on any atom is 0.261 e. The Morgan fingerprint density at radius 2 is 2.00 bits per heavy atom. The maximum absolute atomic E-state index is 12.9.